The zero-order chi connectivity index (χ0) is 21.5. The number of nitrogens with one attached hydrogen (secondary N) is 1. The van der Waals surface area contributed by atoms with Crippen molar-refractivity contribution in [3.63, 3.8) is 0 Å². The predicted molar refractivity (Wildman–Crippen MR) is 118 cm³/mol. The number of hydrogen-bond donors (Lipinski definition) is 1. The predicted octanol–water partition coefficient (Wildman–Crippen LogP) is 4.70. The molecular formula is C23H22ClN3O3. The van der Waals surface area contributed by atoms with Crippen LogP contribution in [0.4, 0.5) is 0 Å². The first-order valence-electron chi connectivity index (χ1n) is 9.28. The monoisotopic (exact) mass is 423 g/mol. The minimum atomic E-state index is -0.329. The number of halogens is 1. The van der Waals surface area contributed by atoms with Gasteiger partial charge in [0.25, 0.3) is 5.91 Å². The lowest BCUT2D eigenvalue weighted by Gasteiger charge is -2.13. The van der Waals surface area contributed by atoms with E-state index in [-0.39, 0.29) is 5.91 Å². The number of carbonyl (C=O) groups is 1. The minimum absolute atomic E-state index is 0.313. The Bertz CT molecular complexity index is 1050. The second-order valence-corrected chi connectivity index (χ2v) is 7.05. The molecule has 0 radical (unpaired) electrons. The Hall–Kier alpha value is -3.38. The van der Waals surface area contributed by atoms with Gasteiger partial charge in [-0.15, -0.1) is 0 Å². The Morgan fingerprint density at radius 3 is 2.63 bits per heavy atom. The third-order valence-electron chi connectivity index (χ3n) is 4.41. The molecule has 3 rings (SSSR count). The smallest absolute Gasteiger partial charge is 0.272 e. The molecular weight excluding hydrogens is 402 g/mol. The number of ether oxygens (including phenoxy) is 2. The zero-order valence-electron chi connectivity index (χ0n) is 17.0. The molecule has 2 aromatic carbocycles. The maximum absolute atomic E-state index is 12.0. The van der Waals surface area contributed by atoms with Gasteiger partial charge in [0, 0.05) is 23.0 Å². The van der Waals surface area contributed by atoms with E-state index in [1.54, 1.807) is 31.7 Å². The fraction of sp³-hybridized carbons (Fsp3) is 0.174. The Morgan fingerprint density at radius 1 is 1.20 bits per heavy atom. The van der Waals surface area contributed by atoms with E-state index in [2.05, 4.69) is 15.5 Å². The summed E-state index contributed by atoms with van der Waals surface area (Å²) in [6.07, 6.45) is 4.65. The molecule has 0 aliphatic carbocycles. The van der Waals surface area contributed by atoms with Crippen molar-refractivity contribution in [2.45, 2.75) is 20.5 Å². The normalized spacial score (nSPS) is 10.8. The Labute approximate surface area is 180 Å². The van der Waals surface area contributed by atoms with E-state index in [0.29, 0.717) is 17.9 Å². The number of nitrogens with zero attached hydrogens (tertiary/aromatic N) is 2. The van der Waals surface area contributed by atoms with E-state index in [9.17, 15) is 4.79 Å². The minimum Gasteiger partial charge on any atom is -0.496 e. The molecule has 0 spiro atoms. The van der Waals surface area contributed by atoms with E-state index in [1.165, 1.54) is 6.20 Å². The zero-order valence-corrected chi connectivity index (χ0v) is 17.7. The standard InChI is InChI=1S/C23H22ClN3O3/c1-15-9-20(10-16(2)22(15)24)30-14-19-11-17(6-7-21(19)29-3)12-26-27-23(28)18-5-4-8-25-13-18/h4-13H,14H2,1-3H3,(H,27,28)/b26-12-. The first-order valence-corrected chi connectivity index (χ1v) is 9.65. The van der Waals surface area contributed by atoms with Crippen LogP contribution >= 0.6 is 11.6 Å². The quantitative estimate of drug-likeness (QED) is 0.441. The summed E-state index contributed by atoms with van der Waals surface area (Å²) < 4.78 is 11.4. The van der Waals surface area contributed by atoms with Crippen molar-refractivity contribution in [1.29, 1.82) is 0 Å². The fourth-order valence-electron chi connectivity index (χ4n) is 2.87. The van der Waals surface area contributed by atoms with Crippen LogP contribution in [0.25, 0.3) is 0 Å². The Balaban J connectivity index is 1.69. The molecule has 0 fully saturated rings. The van der Waals surface area contributed by atoms with Crippen LogP contribution in [-0.4, -0.2) is 24.2 Å². The number of hydrazone groups is 1. The second-order valence-electron chi connectivity index (χ2n) is 6.67. The third kappa shape index (κ3) is 5.36. The molecule has 0 saturated carbocycles. The van der Waals surface area contributed by atoms with Crippen LogP contribution in [0.3, 0.4) is 0 Å². The summed E-state index contributed by atoms with van der Waals surface area (Å²) in [5.74, 6) is 1.11. The van der Waals surface area contributed by atoms with Gasteiger partial charge in [-0.1, -0.05) is 11.6 Å². The number of hydrogen-bond acceptors (Lipinski definition) is 5. The van der Waals surface area contributed by atoms with Crippen molar-refractivity contribution >= 4 is 23.7 Å². The van der Waals surface area contributed by atoms with Gasteiger partial charge >= 0.3 is 0 Å². The number of methoxy groups -OCH3 is 1. The van der Waals surface area contributed by atoms with Crippen LogP contribution in [0.2, 0.25) is 5.02 Å². The number of benzene rings is 2. The van der Waals surface area contributed by atoms with Crippen molar-refractivity contribution in [2.24, 2.45) is 5.10 Å². The fourth-order valence-corrected chi connectivity index (χ4v) is 2.98. The molecule has 6 nitrogen and oxygen atoms in total. The van der Waals surface area contributed by atoms with E-state index in [0.717, 1.165) is 33.0 Å². The maximum Gasteiger partial charge on any atom is 0.272 e. The number of carbonyl (C=O) groups excluding carboxylic acids is 1. The average Bonchev–Trinajstić information content (AvgIpc) is 2.76. The lowest BCUT2D eigenvalue weighted by atomic mass is 10.1. The molecule has 0 bridgehead atoms. The largest absolute Gasteiger partial charge is 0.496 e. The van der Waals surface area contributed by atoms with Crippen LogP contribution in [0.5, 0.6) is 11.5 Å². The first-order chi connectivity index (χ1) is 14.5. The van der Waals surface area contributed by atoms with Gasteiger partial charge in [-0.2, -0.15) is 5.10 Å². The van der Waals surface area contributed by atoms with Gasteiger partial charge in [0.2, 0.25) is 0 Å². The molecule has 30 heavy (non-hydrogen) atoms. The van der Waals surface area contributed by atoms with E-state index >= 15 is 0 Å². The molecule has 1 heterocycles. The van der Waals surface area contributed by atoms with Crippen molar-refractivity contribution in [3.05, 3.63) is 87.7 Å². The lowest BCUT2D eigenvalue weighted by molar-refractivity contribution is 0.0955. The molecule has 0 unspecified atom stereocenters. The molecule has 0 atom stereocenters. The molecule has 1 N–H and O–H groups in total. The average molecular weight is 424 g/mol. The molecule has 3 aromatic rings. The highest BCUT2D eigenvalue weighted by atomic mass is 35.5. The summed E-state index contributed by atoms with van der Waals surface area (Å²) in [5, 5.41) is 4.76. The highest BCUT2D eigenvalue weighted by Crippen LogP contribution is 2.27. The summed E-state index contributed by atoms with van der Waals surface area (Å²) in [5.41, 5.74) is 6.50. The number of pyridine rings is 1. The van der Waals surface area contributed by atoms with Crippen molar-refractivity contribution in [3.8, 4) is 11.5 Å². The number of amides is 1. The van der Waals surface area contributed by atoms with Gasteiger partial charge < -0.3 is 9.47 Å². The van der Waals surface area contributed by atoms with Gasteiger partial charge in [0.15, 0.2) is 0 Å². The van der Waals surface area contributed by atoms with Gasteiger partial charge in [-0.05, 0) is 73.0 Å². The van der Waals surface area contributed by atoms with Crippen LogP contribution in [0.1, 0.15) is 32.6 Å². The van der Waals surface area contributed by atoms with Crippen molar-refractivity contribution < 1.29 is 14.3 Å². The summed E-state index contributed by atoms with van der Waals surface area (Å²) in [4.78, 5) is 15.9. The highest BCUT2D eigenvalue weighted by molar-refractivity contribution is 6.32. The van der Waals surface area contributed by atoms with Crippen LogP contribution < -0.4 is 14.9 Å². The molecule has 1 aromatic heterocycles. The maximum atomic E-state index is 12.0. The number of aryl methyl sites for hydroxylation is 2. The Morgan fingerprint density at radius 2 is 1.97 bits per heavy atom. The number of aromatic nitrogens is 1. The summed E-state index contributed by atoms with van der Waals surface area (Å²) in [6.45, 7) is 4.20. The Kier molecular flexibility index (Phi) is 7.03. The first kappa shape index (κ1) is 21.3. The van der Waals surface area contributed by atoms with E-state index in [4.69, 9.17) is 21.1 Å². The summed E-state index contributed by atoms with van der Waals surface area (Å²) in [7, 11) is 1.61. The molecule has 7 heteroatoms. The van der Waals surface area contributed by atoms with Crippen LogP contribution in [0.15, 0.2) is 60.0 Å². The third-order valence-corrected chi connectivity index (χ3v) is 5.01. The molecule has 0 aliphatic heterocycles. The number of rotatable bonds is 7. The molecule has 154 valence electrons. The van der Waals surface area contributed by atoms with Gasteiger partial charge in [0.05, 0.1) is 18.9 Å². The van der Waals surface area contributed by atoms with Gasteiger partial charge in [-0.3, -0.25) is 9.78 Å². The lowest BCUT2D eigenvalue weighted by Crippen LogP contribution is -2.17. The molecule has 1 amide bonds. The van der Waals surface area contributed by atoms with E-state index in [1.807, 2.05) is 44.2 Å². The molecule has 0 saturated heterocycles. The SMILES string of the molecule is COc1ccc(/C=N\NC(=O)c2cccnc2)cc1COc1cc(C)c(Cl)c(C)c1. The highest BCUT2D eigenvalue weighted by Gasteiger charge is 2.08. The second kappa shape index (κ2) is 9.89. The molecule has 0 aliphatic rings. The summed E-state index contributed by atoms with van der Waals surface area (Å²) in [6, 6.07) is 12.7. The van der Waals surface area contributed by atoms with Crippen molar-refractivity contribution in [1.82, 2.24) is 10.4 Å². The topological polar surface area (TPSA) is 72.8 Å². The van der Waals surface area contributed by atoms with Gasteiger partial charge in [0.1, 0.15) is 18.1 Å². The van der Waals surface area contributed by atoms with Crippen LogP contribution in [0, 0.1) is 13.8 Å². The van der Waals surface area contributed by atoms with Crippen LogP contribution in [-0.2, 0) is 6.61 Å². The summed E-state index contributed by atoms with van der Waals surface area (Å²) >= 11 is 6.22. The van der Waals surface area contributed by atoms with Gasteiger partial charge in [-0.25, -0.2) is 5.43 Å². The van der Waals surface area contributed by atoms with E-state index < -0.39 is 0 Å². The van der Waals surface area contributed by atoms with Crippen molar-refractivity contribution in [2.75, 3.05) is 7.11 Å².